The summed E-state index contributed by atoms with van der Waals surface area (Å²) in [5, 5.41) is 3.52. The SMILES string of the molecule is COc1ccc(C)cc1CSCc1ccccc1C1=NCC(C)(C)CN1. The van der Waals surface area contributed by atoms with Gasteiger partial charge in [-0.2, -0.15) is 11.8 Å². The third kappa shape index (κ3) is 4.61. The quantitative estimate of drug-likeness (QED) is 0.794. The summed E-state index contributed by atoms with van der Waals surface area (Å²) >= 11 is 1.91. The number of methoxy groups -OCH3 is 1. The molecule has 0 radical (unpaired) electrons. The lowest BCUT2D eigenvalue weighted by molar-refractivity contribution is 0.362. The Balaban J connectivity index is 1.70. The number of aliphatic imine (C=N–C) groups is 1. The first-order valence-electron chi connectivity index (χ1n) is 9.06. The van der Waals surface area contributed by atoms with Crippen molar-refractivity contribution in [1.29, 1.82) is 0 Å². The number of nitrogens with zero attached hydrogens (tertiary/aromatic N) is 1. The molecule has 0 unspecified atom stereocenters. The molecule has 26 heavy (non-hydrogen) atoms. The standard InChI is InChI=1S/C22H28N2OS/c1-16-9-10-20(25-4)18(11-16)13-26-12-17-7-5-6-8-19(17)21-23-14-22(2,3)15-24-21/h5-11H,12-15H2,1-4H3,(H,23,24). The van der Waals surface area contributed by atoms with Crippen LogP contribution in [0.1, 0.15) is 36.1 Å². The van der Waals surface area contributed by atoms with E-state index in [1.165, 1.54) is 22.3 Å². The van der Waals surface area contributed by atoms with Crippen molar-refractivity contribution < 1.29 is 4.74 Å². The Kier molecular flexibility index (Phi) is 5.92. The summed E-state index contributed by atoms with van der Waals surface area (Å²) in [4.78, 5) is 4.79. The molecular weight excluding hydrogens is 340 g/mol. The predicted molar refractivity (Wildman–Crippen MR) is 112 cm³/mol. The van der Waals surface area contributed by atoms with Crippen LogP contribution in [0.2, 0.25) is 0 Å². The zero-order valence-electron chi connectivity index (χ0n) is 16.1. The first-order chi connectivity index (χ1) is 12.5. The van der Waals surface area contributed by atoms with E-state index in [-0.39, 0.29) is 5.41 Å². The van der Waals surface area contributed by atoms with Crippen LogP contribution in [0.5, 0.6) is 5.75 Å². The molecule has 0 saturated carbocycles. The van der Waals surface area contributed by atoms with Crippen molar-refractivity contribution in [2.45, 2.75) is 32.3 Å². The number of nitrogens with one attached hydrogen (secondary N) is 1. The van der Waals surface area contributed by atoms with E-state index < -0.39 is 0 Å². The van der Waals surface area contributed by atoms with Crippen molar-refractivity contribution in [3.63, 3.8) is 0 Å². The molecule has 138 valence electrons. The van der Waals surface area contributed by atoms with Gasteiger partial charge in [-0.25, -0.2) is 0 Å². The molecule has 0 aromatic heterocycles. The molecule has 0 spiro atoms. The van der Waals surface area contributed by atoms with Gasteiger partial charge in [0.2, 0.25) is 0 Å². The lowest BCUT2D eigenvalue weighted by Crippen LogP contribution is -2.41. The number of thioether (sulfide) groups is 1. The highest BCUT2D eigenvalue weighted by molar-refractivity contribution is 7.97. The van der Waals surface area contributed by atoms with E-state index in [2.05, 4.69) is 68.6 Å². The molecule has 3 rings (SSSR count). The van der Waals surface area contributed by atoms with E-state index in [0.717, 1.165) is 36.2 Å². The molecule has 4 heteroatoms. The number of benzene rings is 2. The first-order valence-corrected chi connectivity index (χ1v) is 10.2. The van der Waals surface area contributed by atoms with Crippen LogP contribution in [-0.2, 0) is 11.5 Å². The molecule has 0 fully saturated rings. The number of hydrogen-bond acceptors (Lipinski definition) is 4. The minimum Gasteiger partial charge on any atom is -0.496 e. The van der Waals surface area contributed by atoms with Crippen LogP contribution in [-0.4, -0.2) is 26.0 Å². The van der Waals surface area contributed by atoms with Gasteiger partial charge in [0.25, 0.3) is 0 Å². The second-order valence-corrected chi connectivity index (χ2v) is 8.63. The second kappa shape index (κ2) is 8.17. The second-order valence-electron chi connectivity index (χ2n) is 7.65. The zero-order chi connectivity index (χ0) is 18.6. The third-order valence-electron chi connectivity index (χ3n) is 4.62. The molecule has 0 aliphatic carbocycles. The van der Waals surface area contributed by atoms with Crippen molar-refractivity contribution in [2.24, 2.45) is 10.4 Å². The zero-order valence-corrected chi connectivity index (χ0v) is 17.0. The highest BCUT2D eigenvalue weighted by Gasteiger charge is 2.23. The van der Waals surface area contributed by atoms with Crippen LogP contribution in [0.25, 0.3) is 0 Å². The lowest BCUT2D eigenvalue weighted by atomic mass is 9.92. The predicted octanol–water partition coefficient (Wildman–Crippen LogP) is 4.81. The van der Waals surface area contributed by atoms with E-state index in [4.69, 9.17) is 9.73 Å². The minimum absolute atomic E-state index is 0.231. The van der Waals surface area contributed by atoms with E-state index in [1.54, 1.807) is 7.11 Å². The highest BCUT2D eigenvalue weighted by atomic mass is 32.2. The molecule has 0 bridgehead atoms. The fourth-order valence-corrected chi connectivity index (χ4v) is 4.10. The molecule has 1 aliphatic heterocycles. The average Bonchev–Trinajstić information content (AvgIpc) is 2.63. The normalized spacial score (nSPS) is 15.9. The van der Waals surface area contributed by atoms with Gasteiger partial charge in [-0.05, 0) is 18.6 Å². The number of aryl methyl sites for hydroxylation is 1. The van der Waals surface area contributed by atoms with Crippen LogP contribution < -0.4 is 10.1 Å². The topological polar surface area (TPSA) is 33.6 Å². The number of rotatable bonds is 6. The van der Waals surface area contributed by atoms with Crippen molar-refractivity contribution in [2.75, 3.05) is 20.2 Å². The summed E-state index contributed by atoms with van der Waals surface area (Å²) in [7, 11) is 1.74. The van der Waals surface area contributed by atoms with Gasteiger partial charge >= 0.3 is 0 Å². The lowest BCUT2D eigenvalue weighted by Gasteiger charge is -2.29. The molecule has 1 heterocycles. The van der Waals surface area contributed by atoms with Gasteiger partial charge in [0.15, 0.2) is 0 Å². The Morgan fingerprint density at radius 1 is 1.12 bits per heavy atom. The van der Waals surface area contributed by atoms with Gasteiger partial charge in [0.1, 0.15) is 11.6 Å². The van der Waals surface area contributed by atoms with Gasteiger partial charge in [0, 0.05) is 41.1 Å². The molecule has 3 nitrogen and oxygen atoms in total. The highest BCUT2D eigenvalue weighted by Crippen LogP contribution is 2.27. The Hall–Kier alpha value is -1.94. The molecule has 2 aromatic carbocycles. The van der Waals surface area contributed by atoms with Gasteiger partial charge < -0.3 is 10.1 Å². The van der Waals surface area contributed by atoms with E-state index in [9.17, 15) is 0 Å². The van der Waals surface area contributed by atoms with Crippen molar-refractivity contribution in [3.05, 3.63) is 64.7 Å². The maximum Gasteiger partial charge on any atom is 0.128 e. The van der Waals surface area contributed by atoms with Crippen LogP contribution >= 0.6 is 11.8 Å². The minimum atomic E-state index is 0.231. The summed E-state index contributed by atoms with van der Waals surface area (Å²) in [5.74, 6) is 3.90. The van der Waals surface area contributed by atoms with E-state index in [0.29, 0.717) is 0 Å². The fraction of sp³-hybridized carbons (Fsp3) is 0.409. The molecule has 0 atom stereocenters. The third-order valence-corrected chi connectivity index (χ3v) is 5.65. The van der Waals surface area contributed by atoms with Crippen molar-refractivity contribution in [3.8, 4) is 5.75 Å². The monoisotopic (exact) mass is 368 g/mol. The smallest absolute Gasteiger partial charge is 0.128 e. The number of ether oxygens (including phenoxy) is 1. The first kappa shape index (κ1) is 18.8. The maximum absolute atomic E-state index is 5.50. The summed E-state index contributed by atoms with van der Waals surface area (Å²) in [6.07, 6.45) is 0. The summed E-state index contributed by atoms with van der Waals surface area (Å²) in [6.45, 7) is 8.46. The number of hydrogen-bond donors (Lipinski definition) is 1. The summed E-state index contributed by atoms with van der Waals surface area (Å²) in [5.41, 5.74) is 5.31. The molecule has 0 amide bonds. The van der Waals surface area contributed by atoms with Gasteiger partial charge in [-0.15, -0.1) is 0 Å². The van der Waals surface area contributed by atoms with Crippen LogP contribution in [0, 0.1) is 12.3 Å². The average molecular weight is 369 g/mol. The van der Waals surface area contributed by atoms with Crippen molar-refractivity contribution >= 4 is 17.6 Å². The molecule has 1 N–H and O–H groups in total. The molecule has 1 aliphatic rings. The van der Waals surface area contributed by atoms with E-state index in [1.807, 2.05) is 11.8 Å². The van der Waals surface area contributed by atoms with Gasteiger partial charge in [-0.1, -0.05) is 55.8 Å². The van der Waals surface area contributed by atoms with Crippen molar-refractivity contribution in [1.82, 2.24) is 5.32 Å². The Morgan fingerprint density at radius 3 is 2.62 bits per heavy atom. The van der Waals surface area contributed by atoms with Gasteiger partial charge in [0.05, 0.1) is 7.11 Å². The Morgan fingerprint density at radius 2 is 1.88 bits per heavy atom. The van der Waals surface area contributed by atoms with Crippen LogP contribution in [0.4, 0.5) is 0 Å². The molecule has 0 saturated heterocycles. The maximum atomic E-state index is 5.50. The number of amidine groups is 1. The summed E-state index contributed by atoms with van der Waals surface area (Å²) in [6, 6.07) is 15.0. The summed E-state index contributed by atoms with van der Waals surface area (Å²) < 4.78 is 5.50. The largest absolute Gasteiger partial charge is 0.496 e. The molecule has 2 aromatic rings. The molecular formula is C22H28N2OS. The Bertz CT molecular complexity index is 798. The van der Waals surface area contributed by atoms with Crippen LogP contribution in [0.15, 0.2) is 47.5 Å². The van der Waals surface area contributed by atoms with E-state index >= 15 is 0 Å². The van der Waals surface area contributed by atoms with Gasteiger partial charge in [-0.3, -0.25) is 4.99 Å². The fourth-order valence-electron chi connectivity index (χ4n) is 3.08. The van der Waals surface area contributed by atoms with Crippen LogP contribution in [0.3, 0.4) is 0 Å². The Labute approximate surface area is 161 Å².